The van der Waals surface area contributed by atoms with Gasteiger partial charge in [0.25, 0.3) is 17.7 Å². The predicted octanol–water partition coefficient (Wildman–Crippen LogP) is 5.83. The number of amides is 6. The van der Waals surface area contributed by atoms with Crippen LogP contribution < -0.4 is 21.3 Å². The van der Waals surface area contributed by atoms with Crippen LogP contribution in [0.1, 0.15) is 139 Å². The first-order chi connectivity index (χ1) is 27.8. The quantitative estimate of drug-likeness (QED) is 0.0680. The highest BCUT2D eigenvalue weighted by atomic mass is 16.3. The van der Waals surface area contributed by atoms with Crippen molar-refractivity contribution >= 4 is 52.0 Å². The van der Waals surface area contributed by atoms with E-state index in [2.05, 4.69) is 52.0 Å². The number of rotatable bonds is 16. The van der Waals surface area contributed by atoms with Crippen LogP contribution in [0.4, 0.5) is 5.69 Å². The van der Waals surface area contributed by atoms with Crippen molar-refractivity contribution in [2.75, 3.05) is 18.4 Å². The number of benzene rings is 2. The molecule has 1 fully saturated rings. The van der Waals surface area contributed by atoms with Gasteiger partial charge in [0.05, 0.1) is 22.7 Å². The highest BCUT2D eigenvalue weighted by molar-refractivity contribution is 6.25. The number of unbranched alkanes of at least 4 members (excludes halogenated alkanes) is 4. The Morgan fingerprint density at radius 1 is 0.966 bits per heavy atom. The summed E-state index contributed by atoms with van der Waals surface area (Å²) in [5.74, 6) is -2.67. The number of imide groups is 2. The van der Waals surface area contributed by atoms with E-state index in [4.69, 9.17) is 0 Å². The van der Waals surface area contributed by atoms with Crippen molar-refractivity contribution in [3.8, 4) is 5.75 Å². The molecule has 2 aliphatic heterocycles. The van der Waals surface area contributed by atoms with Gasteiger partial charge in [0.1, 0.15) is 17.3 Å². The van der Waals surface area contributed by atoms with Gasteiger partial charge in [0.2, 0.25) is 17.7 Å². The number of anilines is 1. The summed E-state index contributed by atoms with van der Waals surface area (Å²) in [5, 5.41) is 23.9. The van der Waals surface area contributed by atoms with Gasteiger partial charge in [-0.25, -0.2) is 0 Å². The van der Waals surface area contributed by atoms with Crippen LogP contribution >= 0.6 is 0 Å². The maximum absolute atomic E-state index is 13.3. The van der Waals surface area contributed by atoms with E-state index in [1.54, 1.807) is 36.7 Å². The first-order valence-corrected chi connectivity index (χ1v) is 20.0. The Balaban J connectivity index is 1.01. The molecular formula is C44H51N7O7. The molecule has 4 aromatic rings. The lowest BCUT2D eigenvalue weighted by Gasteiger charge is -2.27. The summed E-state index contributed by atoms with van der Waals surface area (Å²) < 4.78 is 0. The minimum atomic E-state index is -1.02. The van der Waals surface area contributed by atoms with E-state index < -0.39 is 35.7 Å². The Bertz CT molecular complexity index is 2250. The van der Waals surface area contributed by atoms with Crippen LogP contribution in [0.25, 0.3) is 10.9 Å². The molecule has 58 heavy (non-hydrogen) atoms. The van der Waals surface area contributed by atoms with Crippen LogP contribution in [0.2, 0.25) is 0 Å². The minimum absolute atomic E-state index is 0.0374. The van der Waals surface area contributed by atoms with E-state index in [0.29, 0.717) is 53.8 Å². The number of phenols is 1. The molecular weight excluding hydrogens is 739 g/mol. The number of nitrogens with zero attached hydrogens (tertiary/aromatic N) is 3. The molecule has 0 saturated carbocycles. The van der Waals surface area contributed by atoms with Gasteiger partial charge in [0.15, 0.2) is 0 Å². The third-order valence-corrected chi connectivity index (χ3v) is 10.6. The molecule has 5 N–H and O–H groups in total. The van der Waals surface area contributed by atoms with Crippen molar-refractivity contribution in [3.05, 3.63) is 94.4 Å². The number of pyridine rings is 2. The number of hydrogen-bond acceptors (Lipinski definition) is 10. The van der Waals surface area contributed by atoms with Gasteiger partial charge in [-0.05, 0) is 72.6 Å². The fourth-order valence-electron chi connectivity index (χ4n) is 7.60. The molecule has 0 aliphatic carbocycles. The van der Waals surface area contributed by atoms with Crippen LogP contribution in [0.5, 0.6) is 5.75 Å². The monoisotopic (exact) mass is 789 g/mol. The molecule has 2 unspecified atom stereocenters. The number of fused-ring (bicyclic) bond motifs is 2. The fourth-order valence-corrected chi connectivity index (χ4v) is 7.60. The van der Waals surface area contributed by atoms with Gasteiger partial charge < -0.3 is 21.1 Å². The zero-order chi connectivity index (χ0) is 41.6. The SMILES string of the molecule is CCCC(=O)NC(c1cncc(C(=O)NCCCCCCCNc2cccc3c2C(=O)N(C2CCC(=O)NC2=O)C3=O)c1)c1cc(C(C)(C)C)c2cccnc2c1O. The molecule has 2 aromatic carbocycles. The summed E-state index contributed by atoms with van der Waals surface area (Å²) in [7, 11) is 0. The third-order valence-electron chi connectivity index (χ3n) is 10.6. The molecule has 304 valence electrons. The predicted molar refractivity (Wildman–Crippen MR) is 218 cm³/mol. The van der Waals surface area contributed by atoms with Crippen molar-refractivity contribution in [1.29, 1.82) is 0 Å². The molecule has 2 aliphatic rings. The molecule has 1 saturated heterocycles. The maximum atomic E-state index is 13.3. The average molecular weight is 790 g/mol. The molecule has 14 nitrogen and oxygen atoms in total. The number of phenolic OH excluding ortho intramolecular Hbond substituents is 1. The minimum Gasteiger partial charge on any atom is -0.505 e. The molecule has 0 bridgehead atoms. The lowest BCUT2D eigenvalue weighted by atomic mass is 9.81. The number of nitrogens with one attached hydrogen (secondary N) is 4. The van der Waals surface area contributed by atoms with Crippen LogP contribution in [0.15, 0.2) is 61.1 Å². The number of aromatic hydroxyl groups is 1. The largest absolute Gasteiger partial charge is 0.505 e. The van der Waals surface area contributed by atoms with Gasteiger partial charge in [-0.3, -0.25) is 49.0 Å². The van der Waals surface area contributed by atoms with Gasteiger partial charge in [-0.1, -0.05) is 59.1 Å². The number of hydrogen-bond donors (Lipinski definition) is 5. The highest BCUT2D eigenvalue weighted by Crippen LogP contribution is 2.40. The molecule has 2 aromatic heterocycles. The number of aromatic nitrogens is 2. The van der Waals surface area contributed by atoms with E-state index in [9.17, 15) is 33.9 Å². The molecule has 0 spiro atoms. The third kappa shape index (κ3) is 9.01. The van der Waals surface area contributed by atoms with E-state index in [-0.39, 0.29) is 46.9 Å². The first-order valence-electron chi connectivity index (χ1n) is 20.0. The van der Waals surface area contributed by atoms with Crippen LogP contribution in [0, 0.1) is 0 Å². The van der Waals surface area contributed by atoms with Gasteiger partial charge in [-0.15, -0.1) is 0 Å². The highest BCUT2D eigenvalue weighted by Gasteiger charge is 2.45. The van der Waals surface area contributed by atoms with Crippen molar-refractivity contribution in [2.45, 2.75) is 103 Å². The average Bonchev–Trinajstić information content (AvgIpc) is 3.45. The molecule has 0 radical (unpaired) electrons. The lowest BCUT2D eigenvalue weighted by molar-refractivity contribution is -0.136. The Labute approximate surface area is 337 Å². The first kappa shape index (κ1) is 41.5. The lowest BCUT2D eigenvalue weighted by Crippen LogP contribution is -2.54. The Morgan fingerprint density at radius 3 is 2.47 bits per heavy atom. The smallest absolute Gasteiger partial charge is 0.264 e. The van der Waals surface area contributed by atoms with Crippen molar-refractivity contribution in [2.24, 2.45) is 0 Å². The Hall–Kier alpha value is -6.18. The Kier molecular flexibility index (Phi) is 12.8. The van der Waals surface area contributed by atoms with Crippen LogP contribution in [-0.4, -0.2) is 74.5 Å². The van der Waals surface area contributed by atoms with Crippen LogP contribution in [-0.2, 0) is 19.8 Å². The van der Waals surface area contributed by atoms with E-state index in [1.165, 1.54) is 6.20 Å². The van der Waals surface area contributed by atoms with E-state index >= 15 is 0 Å². The molecule has 6 amide bonds. The fraction of sp³-hybridized carbons (Fsp3) is 0.409. The summed E-state index contributed by atoms with van der Waals surface area (Å²) >= 11 is 0. The number of piperidine rings is 1. The van der Waals surface area contributed by atoms with Crippen molar-refractivity contribution in [3.63, 3.8) is 0 Å². The normalized spacial score (nSPS) is 15.9. The summed E-state index contributed by atoms with van der Waals surface area (Å²) in [6.45, 7) is 9.19. The second-order valence-electron chi connectivity index (χ2n) is 15.9. The molecule has 6 rings (SSSR count). The topological polar surface area (TPSA) is 200 Å². The summed E-state index contributed by atoms with van der Waals surface area (Å²) in [6, 6.07) is 10.6. The summed E-state index contributed by atoms with van der Waals surface area (Å²) in [5.41, 5.74) is 3.47. The standard InChI is InChI=1S/C44H51N7O7/c1-5-13-34(52)49-37(30-23-31(44(2,3)4)28-15-12-21-47-38(28)39(30)54)26-22-27(25-45-24-26)40(55)48-20-10-8-6-7-9-19-46-32-16-11-14-29-36(32)43(58)51(42(29)57)33-17-18-35(53)50-41(33)56/h11-12,14-16,21-25,33,37,46,54H,5-10,13,17-20H2,1-4H3,(H,48,55)(H,49,52)(H,50,53,56). The zero-order valence-corrected chi connectivity index (χ0v) is 33.4. The number of carbonyl (C=O) groups is 6. The second-order valence-corrected chi connectivity index (χ2v) is 15.9. The van der Waals surface area contributed by atoms with E-state index in [1.807, 2.05) is 25.1 Å². The zero-order valence-electron chi connectivity index (χ0n) is 33.4. The number of carbonyl (C=O) groups excluding carboxylic acids is 6. The summed E-state index contributed by atoms with van der Waals surface area (Å²) in [6.07, 6.45) is 10.1. The second kappa shape index (κ2) is 18.0. The maximum Gasteiger partial charge on any atom is 0.264 e. The van der Waals surface area contributed by atoms with E-state index in [0.717, 1.165) is 48.0 Å². The molecule has 14 heteroatoms. The molecule has 4 heterocycles. The summed E-state index contributed by atoms with van der Waals surface area (Å²) in [4.78, 5) is 86.6. The van der Waals surface area contributed by atoms with Gasteiger partial charge in [-0.2, -0.15) is 0 Å². The Morgan fingerprint density at radius 2 is 1.72 bits per heavy atom. The van der Waals surface area contributed by atoms with Crippen molar-refractivity contribution < 1.29 is 33.9 Å². The van der Waals surface area contributed by atoms with Gasteiger partial charge in [0, 0.05) is 61.2 Å². The molecule has 2 atom stereocenters. The van der Waals surface area contributed by atoms with Gasteiger partial charge >= 0.3 is 0 Å². The van der Waals surface area contributed by atoms with Crippen molar-refractivity contribution in [1.82, 2.24) is 30.8 Å². The van der Waals surface area contributed by atoms with Crippen LogP contribution in [0.3, 0.4) is 0 Å².